The average Bonchev–Trinajstić information content (AvgIpc) is 2.91. The number of ketones is 1. The van der Waals surface area contributed by atoms with Gasteiger partial charge in [-0.3, -0.25) is 14.9 Å². The Labute approximate surface area is 135 Å². The molecule has 0 amide bonds. The molecule has 0 saturated carbocycles. The van der Waals surface area contributed by atoms with Crippen molar-refractivity contribution in [1.82, 2.24) is 9.78 Å². The van der Waals surface area contributed by atoms with Crippen molar-refractivity contribution in [3.8, 4) is 6.07 Å². The first-order chi connectivity index (χ1) is 10.8. The lowest BCUT2D eigenvalue weighted by molar-refractivity contribution is 0.105. The summed E-state index contributed by atoms with van der Waals surface area (Å²) in [5.74, 6) is -0.452. The highest BCUT2D eigenvalue weighted by Crippen LogP contribution is 2.18. The van der Waals surface area contributed by atoms with Crippen LogP contribution in [0.3, 0.4) is 0 Å². The fourth-order valence-corrected chi connectivity index (χ4v) is 2.05. The summed E-state index contributed by atoms with van der Waals surface area (Å²) in [5.41, 5.74) is 3.92. The molecule has 1 aromatic carbocycles. The molecule has 0 spiro atoms. The highest BCUT2D eigenvalue weighted by Gasteiger charge is 2.25. The number of hydrogen-bond acceptors (Lipinski definition) is 5. The largest absolute Gasteiger partial charge is 0.284 e. The number of benzene rings is 1. The van der Waals surface area contributed by atoms with Gasteiger partial charge in [-0.2, -0.15) is 15.5 Å². The number of carbonyl (C=O) groups is 1. The minimum absolute atomic E-state index is 0.209. The van der Waals surface area contributed by atoms with Gasteiger partial charge in [-0.05, 0) is 45.9 Å². The first-order valence-electron chi connectivity index (χ1n) is 7.23. The van der Waals surface area contributed by atoms with Crippen molar-refractivity contribution < 1.29 is 4.79 Å². The van der Waals surface area contributed by atoms with E-state index in [0.717, 1.165) is 5.69 Å². The van der Waals surface area contributed by atoms with Gasteiger partial charge in [0.15, 0.2) is 0 Å². The van der Waals surface area contributed by atoms with Crippen LogP contribution in [0.1, 0.15) is 37.0 Å². The Balaban J connectivity index is 2.33. The molecule has 0 radical (unpaired) electrons. The van der Waals surface area contributed by atoms with Gasteiger partial charge in [0, 0.05) is 0 Å². The van der Waals surface area contributed by atoms with Crippen molar-refractivity contribution >= 4 is 17.2 Å². The molecule has 1 aromatic heterocycles. The first kappa shape index (κ1) is 16.4. The minimum Gasteiger partial charge on any atom is -0.284 e. The van der Waals surface area contributed by atoms with Gasteiger partial charge in [0.1, 0.15) is 11.8 Å². The number of nitrogens with one attached hydrogen (secondary N) is 1. The van der Waals surface area contributed by atoms with E-state index >= 15 is 0 Å². The normalized spacial score (nSPS) is 11.9. The van der Waals surface area contributed by atoms with E-state index in [1.54, 1.807) is 22.9 Å². The lowest BCUT2D eigenvalue weighted by atomic mass is 10.1. The number of para-hydroxylation sites is 1. The van der Waals surface area contributed by atoms with Gasteiger partial charge in [-0.15, -0.1) is 0 Å². The summed E-state index contributed by atoms with van der Waals surface area (Å²) in [6.07, 6.45) is 0. The van der Waals surface area contributed by atoms with Crippen molar-refractivity contribution in [3.63, 3.8) is 0 Å². The number of aromatic nitrogens is 2. The molecule has 1 heterocycles. The van der Waals surface area contributed by atoms with Gasteiger partial charge in [-0.1, -0.05) is 18.2 Å². The van der Waals surface area contributed by atoms with Crippen molar-refractivity contribution in [2.45, 2.75) is 33.2 Å². The number of hydrogen-bond donors (Lipinski definition) is 1. The summed E-state index contributed by atoms with van der Waals surface area (Å²) in [6.45, 7) is 7.65. The van der Waals surface area contributed by atoms with Crippen LogP contribution in [0, 0.1) is 18.3 Å². The molecule has 6 nitrogen and oxygen atoms in total. The van der Waals surface area contributed by atoms with Gasteiger partial charge >= 0.3 is 0 Å². The fourth-order valence-electron chi connectivity index (χ4n) is 2.05. The Kier molecular flexibility index (Phi) is 4.60. The van der Waals surface area contributed by atoms with Gasteiger partial charge in [0.25, 0.3) is 0 Å². The number of rotatable bonds is 4. The average molecular weight is 309 g/mol. The quantitative estimate of drug-likeness (QED) is 0.534. The van der Waals surface area contributed by atoms with Crippen molar-refractivity contribution in [2.75, 3.05) is 5.43 Å². The summed E-state index contributed by atoms with van der Waals surface area (Å²) in [7, 11) is 0. The number of carbonyl (C=O) groups excluding carboxylic acids is 1. The molecule has 0 bridgehead atoms. The van der Waals surface area contributed by atoms with Crippen LogP contribution >= 0.6 is 0 Å². The van der Waals surface area contributed by atoms with Crippen LogP contribution in [-0.2, 0) is 5.54 Å². The predicted molar refractivity (Wildman–Crippen MR) is 89.4 cm³/mol. The highest BCUT2D eigenvalue weighted by molar-refractivity contribution is 6.51. The third-order valence-electron chi connectivity index (χ3n) is 3.09. The second-order valence-corrected chi connectivity index (χ2v) is 6.13. The minimum atomic E-state index is -0.452. The molecular weight excluding hydrogens is 290 g/mol. The summed E-state index contributed by atoms with van der Waals surface area (Å²) in [6, 6.07) is 12.7. The number of hydrazone groups is 1. The van der Waals surface area contributed by atoms with Crippen LogP contribution in [0.4, 0.5) is 5.69 Å². The van der Waals surface area contributed by atoms with E-state index in [9.17, 15) is 10.1 Å². The van der Waals surface area contributed by atoms with E-state index in [4.69, 9.17) is 0 Å². The lowest BCUT2D eigenvalue weighted by Crippen LogP contribution is -2.29. The second-order valence-electron chi connectivity index (χ2n) is 6.13. The maximum Gasteiger partial charge on any atom is 0.241 e. The number of aryl methyl sites for hydroxylation is 1. The standard InChI is InChI=1S/C17H19N5O/c1-12-10-15(22(21-12)17(2,3)4)16(23)14(11-18)20-19-13-8-6-5-7-9-13/h5-10,19H,1-4H3/b20-14-. The van der Waals surface area contributed by atoms with Crippen LogP contribution in [0.5, 0.6) is 0 Å². The van der Waals surface area contributed by atoms with E-state index in [-0.39, 0.29) is 11.3 Å². The van der Waals surface area contributed by atoms with E-state index in [2.05, 4.69) is 15.6 Å². The van der Waals surface area contributed by atoms with E-state index in [1.807, 2.05) is 52.0 Å². The molecule has 2 aromatic rings. The topological polar surface area (TPSA) is 83.1 Å². The molecule has 0 fully saturated rings. The van der Waals surface area contributed by atoms with Crippen molar-refractivity contribution in [1.29, 1.82) is 5.26 Å². The lowest BCUT2D eigenvalue weighted by Gasteiger charge is -2.21. The third-order valence-corrected chi connectivity index (χ3v) is 3.09. The number of nitrogens with zero attached hydrogens (tertiary/aromatic N) is 4. The SMILES string of the molecule is Cc1cc(C(=O)/C(C#N)=N\Nc2ccccc2)n(C(C)(C)C)n1. The smallest absolute Gasteiger partial charge is 0.241 e. The number of anilines is 1. The molecule has 118 valence electrons. The maximum absolute atomic E-state index is 12.6. The summed E-state index contributed by atoms with van der Waals surface area (Å²) >= 11 is 0. The number of nitriles is 1. The van der Waals surface area contributed by atoms with E-state index in [0.29, 0.717) is 11.4 Å². The van der Waals surface area contributed by atoms with E-state index in [1.165, 1.54) is 0 Å². The summed E-state index contributed by atoms with van der Waals surface area (Å²) in [5, 5.41) is 17.6. The van der Waals surface area contributed by atoms with Crippen molar-refractivity contribution in [2.24, 2.45) is 5.10 Å². The zero-order chi connectivity index (χ0) is 17.0. The second kappa shape index (κ2) is 6.44. The fraction of sp³-hybridized carbons (Fsp3) is 0.294. The molecular formula is C17H19N5O. The number of Topliss-reactive ketones (excluding diaryl/α,β-unsaturated/α-hetero) is 1. The van der Waals surface area contributed by atoms with Crippen LogP contribution < -0.4 is 5.43 Å². The molecule has 0 atom stereocenters. The third kappa shape index (κ3) is 3.83. The first-order valence-corrected chi connectivity index (χ1v) is 7.23. The Hall–Kier alpha value is -2.94. The molecule has 0 saturated heterocycles. The molecule has 1 N–H and O–H groups in total. The molecule has 0 aliphatic rings. The van der Waals surface area contributed by atoms with Gasteiger partial charge in [0.05, 0.1) is 16.9 Å². The Bertz CT molecular complexity index is 776. The van der Waals surface area contributed by atoms with Gasteiger partial charge in [0.2, 0.25) is 11.5 Å². The Morgan fingerprint density at radius 2 is 1.96 bits per heavy atom. The van der Waals surface area contributed by atoms with Gasteiger partial charge < -0.3 is 0 Å². The highest BCUT2D eigenvalue weighted by atomic mass is 16.1. The predicted octanol–water partition coefficient (Wildman–Crippen LogP) is 3.12. The molecule has 23 heavy (non-hydrogen) atoms. The monoisotopic (exact) mass is 309 g/mol. The maximum atomic E-state index is 12.6. The Morgan fingerprint density at radius 1 is 1.30 bits per heavy atom. The van der Waals surface area contributed by atoms with Crippen LogP contribution in [0.15, 0.2) is 41.5 Å². The molecule has 2 rings (SSSR count). The summed E-state index contributed by atoms with van der Waals surface area (Å²) in [4.78, 5) is 12.6. The zero-order valence-electron chi connectivity index (χ0n) is 13.7. The molecule has 0 unspecified atom stereocenters. The van der Waals surface area contributed by atoms with Crippen LogP contribution in [0.25, 0.3) is 0 Å². The molecule has 0 aliphatic heterocycles. The van der Waals surface area contributed by atoms with Gasteiger partial charge in [-0.25, -0.2) is 0 Å². The van der Waals surface area contributed by atoms with Crippen LogP contribution in [-0.4, -0.2) is 21.3 Å². The molecule has 0 aliphatic carbocycles. The Morgan fingerprint density at radius 3 is 2.52 bits per heavy atom. The van der Waals surface area contributed by atoms with Crippen molar-refractivity contribution in [3.05, 3.63) is 47.8 Å². The molecule has 6 heteroatoms. The zero-order valence-corrected chi connectivity index (χ0v) is 13.7. The van der Waals surface area contributed by atoms with E-state index < -0.39 is 5.78 Å². The summed E-state index contributed by atoms with van der Waals surface area (Å²) < 4.78 is 1.63. The van der Waals surface area contributed by atoms with Crippen LogP contribution in [0.2, 0.25) is 0 Å².